The minimum Gasteiger partial charge on any atom is -0.491 e. The molecule has 0 N–H and O–H groups in total. The third-order valence-corrected chi connectivity index (χ3v) is 3.23. The van der Waals surface area contributed by atoms with Gasteiger partial charge in [0.1, 0.15) is 12.4 Å². The maximum Gasteiger partial charge on any atom is 0.123 e. The molecule has 0 unspecified atom stereocenters. The topological polar surface area (TPSA) is 18.5 Å². The molecule has 0 aliphatic heterocycles. The molecule has 19 heavy (non-hydrogen) atoms. The first-order valence-electron chi connectivity index (χ1n) is 6.58. The van der Waals surface area contributed by atoms with Crippen molar-refractivity contribution in [1.82, 2.24) is 0 Å². The SMILES string of the molecule is COCCOc1ccccc1[C@H](C)c1ccccc1. The van der Waals surface area contributed by atoms with Crippen molar-refractivity contribution in [1.29, 1.82) is 0 Å². The summed E-state index contributed by atoms with van der Waals surface area (Å²) in [5, 5.41) is 0. The molecule has 0 amide bonds. The summed E-state index contributed by atoms with van der Waals surface area (Å²) in [7, 11) is 1.68. The van der Waals surface area contributed by atoms with Crippen LogP contribution >= 0.6 is 0 Å². The molecule has 0 spiro atoms. The molecule has 2 aromatic rings. The molecule has 1 atom stereocenters. The van der Waals surface area contributed by atoms with Crippen LogP contribution in [0.25, 0.3) is 0 Å². The van der Waals surface area contributed by atoms with Gasteiger partial charge >= 0.3 is 0 Å². The monoisotopic (exact) mass is 256 g/mol. The van der Waals surface area contributed by atoms with Crippen molar-refractivity contribution in [3.8, 4) is 5.75 Å². The van der Waals surface area contributed by atoms with Crippen molar-refractivity contribution >= 4 is 0 Å². The van der Waals surface area contributed by atoms with Crippen LogP contribution in [0.5, 0.6) is 5.75 Å². The molecule has 2 rings (SSSR count). The van der Waals surface area contributed by atoms with Gasteiger partial charge in [-0.05, 0) is 11.6 Å². The number of ether oxygens (including phenoxy) is 2. The molecule has 0 fully saturated rings. The van der Waals surface area contributed by atoms with E-state index < -0.39 is 0 Å². The van der Waals surface area contributed by atoms with E-state index in [2.05, 4.69) is 43.3 Å². The van der Waals surface area contributed by atoms with Gasteiger partial charge in [-0.15, -0.1) is 0 Å². The Morgan fingerprint density at radius 3 is 2.32 bits per heavy atom. The van der Waals surface area contributed by atoms with Gasteiger partial charge in [0.2, 0.25) is 0 Å². The number of benzene rings is 2. The Morgan fingerprint density at radius 1 is 0.895 bits per heavy atom. The lowest BCUT2D eigenvalue weighted by Crippen LogP contribution is -2.07. The third kappa shape index (κ3) is 3.58. The highest BCUT2D eigenvalue weighted by Crippen LogP contribution is 2.31. The minimum atomic E-state index is 0.319. The highest BCUT2D eigenvalue weighted by Gasteiger charge is 2.12. The van der Waals surface area contributed by atoms with E-state index in [4.69, 9.17) is 9.47 Å². The van der Waals surface area contributed by atoms with Crippen LogP contribution in [0.15, 0.2) is 54.6 Å². The molecular formula is C17H20O2. The van der Waals surface area contributed by atoms with E-state index in [1.165, 1.54) is 11.1 Å². The summed E-state index contributed by atoms with van der Waals surface area (Å²) in [6, 6.07) is 18.7. The van der Waals surface area contributed by atoms with Gasteiger partial charge in [0.25, 0.3) is 0 Å². The lowest BCUT2D eigenvalue weighted by Gasteiger charge is -2.17. The number of rotatable bonds is 6. The van der Waals surface area contributed by atoms with E-state index in [1.54, 1.807) is 7.11 Å². The summed E-state index contributed by atoms with van der Waals surface area (Å²) < 4.78 is 10.8. The van der Waals surface area contributed by atoms with Gasteiger partial charge in [-0.1, -0.05) is 55.5 Å². The Morgan fingerprint density at radius 2 is 1.58 bits per heavy atom. The summed E-state index contributed by atoms with van der Waals surface area (Å²) in [6.07, 6.45) is 0. The average molecular weight is 256 g/mol. The van der Waals surface area contributed by atoms with E-state index >= 15 is 0 Å². The van der Waals surface area contributed by atoms with Crippen molar-refractivity contribution in [2.45, 2.75) is 12.8 Å². The molecule has 0 radical (unpaired) electrons. The minimum absolute atomic E-state index is 0.319. The van der Waals surface area contributed by atoms with Crippen molar-refractivity contribution in [3.63, 3.8) is 0 Å². The molecule has 2 heteroatoms. The van der Waals surface area contributed by atoms with Gasteiger partial charge in [-0.3, -0.25) is 0 Å². The molecule has 0 saturated carbocycles. The van der Waals surface area contributed by atoms with Gasteiger partial charge in [-0.25, -0.2) is 0 Å². The van der Waals surface area contributed by atoms with Crippen molar-refractivity contribution < 1.29 is 9.47 Å². The van der Waals surface area contributed by atoms with Crippen molar-refractivity contribution in [2.75, 3.05) is 20.3 Å². The largest absolute Gasteiger partial charge is 0.491 e. The van der Waals surface area contributed by atoms with Crippen LogP contribution in [0.2, 0.25) is 0 Å². The summed E-state index contributed by atoms with van der Waals surface area (Å²) in [5.41, 5.74) is 2.51. The molecule has 2 aromatic carbocycles. The first kappa shape index (κ1) is 13.6. The van der Waals surface area contributed by atoms with Crippen LogP contribution in [0, 0.1) is 0 Å². The second kappa shape index (κ2) is 6.95. The molecule has 0 aliphatic carbocycles. The first-order valence-corrected chi connectivity index (χ1v) is 6.58. The molecule has 100 valence electrons. The van der Waals surface area contributed by atoms with Gasteiger partial charge < -0.3 is 9.47 Å². The second-order valence-electron chi connectivity index (χ2n) is 4.51. The Hall–Kier alpha value is -1.80. The maximum atomic E-state index is 5.80. The predicted molar refractivity (Wildman–Crippen MR) is 77.8 cm³/mol. The number of methoxy groups -OCH3 is 1. The summed E-state index contributed by atoms with van der Waals surface area (Å²) in [5.74, 6) is 1.26. The summed E-state index contributed by atoms with van der Waals surface area (Å²) >= 11 is 0. The van der Waals surface area contributed by atoms with E-state index in [1.807, 2.05) is 18.2 Å². The predicted octanol–water partition coefficient (Wildman–Crippen LogP) is 3.86. The third-order valence-electron chi connectivity index (χ3n) is 3.23. The van der Waals surface area contributed by atoms with E-state index in [0.29, 0.717) is 19.1 Å². The van der Waals surface area contributed by atoms with Crippen molar-refractivity contribution in [2.24, 2.45) is 0 Å². The maximum absolute atomic E-state index is 5.80. The fourth-order valence-corrected chi connectivity index (χ4v) is 2.13. The smallest absolute Gasteiger partial charge is 0.123 e. The van der Waals surface area contributed by atoms with Gasteiger partial charge in [0.05, 0.1) is 6.61 Å². The quantitative estimate of drug-likeness (QED) is 0.731. The van der Waals surface area contributed by atoms with Gasteiger partial charge in [-0.2, -0.15) is 0 Å². The van der Waals surface area contributed by atoms with Gasteiger partial charge in [0.15, 0.2) is 0 Å². The Kier molecular flexibility index (Phi) is 4.99. The van der Waals surface area contributed by atoms with Gasteiger partial charge in [0, 0.05) is 18.6 Å². The number of para-hydroxylation sites is 1. The molecule has 0 heterocycles. The highest BCUT2D eigenvalue weighted by molar-refractivity contribution is 5.41. The lowest BCUT2D eigenvalue weighted by atomic mass is 9.92. The highest BCUT2D eigenvalue weighted by atomic mass is 16.5. The zero-order chi connectivity index (χ0) is 13.5. The zero-order valence-electron chi connectivity index (χ0n) is 11.5. The lowest BCUT2D eigenvalue weighted by molar-refractivity contribution is 0.145. The van der Waals surface area contributed by atoms with Crippen LogP contribution in [0.4, 0.5) is 0 Å². The fourth-order valence-electron chi connectivity index (χ4n) is 2.13. The summed E-state index contributed by atoms with van der Waals surface area (Å²) in [6.45, 7) is 3.39. The van der Waals surface area contributed by atoms with E-state index in [9.17, 15) is 0 Å². The number of hydrogen-bond donors (Lipinski definition) is 0. The van der Waals surface area contributed by atoms with Crippen molar-refractivity contribution in [3.05, 3.63) is 65.7 Å². The molecular weight excluding hydrogens is 236 g/mol. The van der Waals surface area contributed by atoms with Crippen LogP contribution in [0.1, 0.15) is 24.0 Å². The standard InChI is InChI=1S/C17H20O2/c1-14(15-8-4-3-5-9-15)16-10-6-7-11-17(16)19-13-12-18-2/h3-11,14H,12-13H2,1-2H3/t14-/m1/s1. The first-order chi connectivity index (χ1) is 9.33. The van der Waals surface area contributed by atoms with E-state index in [0.717, 1.165) is 5.75 Å². The average Bonchev–Trinajstić information content (AvgIpc) is 2.48. The van der Waals surface area contributed by atoms with Crippen LogP contribution in [0.3, 0.4) is 0 Å². The summed E-state index contributed by atoms with van der Waals surface area (Å²) in [4.78, 5) is 0. The fraction of sp³-hybridized carbons (Fsp3) is 0.294. The van der Waals surface area contributed by atoms with E-state index in [-0.39, 0.29) is 0 Å². The Labute approximate surface area is 115 Å². The molecule has 0 aromatic heterocycles. The normalized spacial score (nSPS) is 12.1. The van der Waals surface area contributed by atoms with Crippen LogP contribution < -0.4 is 4.74 Å². The molecule has 2 nitrogen and oxygen atoms in total. The Bertz CT molecular complexity index is 494. The van der Waals surface area contributed by atoms with Crippen LogP contribution in [-0.4, -0.2) is 20.3 Å². The molecule has 0 saturated heterocycles. The molecule has 0 aliphatic rings. The number of hydrogen-bond acceptors (Lipinski definition) is 2. The van der Waals surface area contributed by atoms with Crippen LogP contribution in [-0.2, 0) is 4.74 Å². The molecule has 0 bridgehead atoms. The second-order valence-corrected chi connectivity index (χ2v) is 4.51. The Balaban J connectivity index is 2.19. The zero-order valence-corrected chi connectivity index (χ0v) is 11.5.